The van der Waals surface area contributed by atoms with Crippen LogP contribution in [0.1, 0.15) is 32.1 Å². The molecule has 3 aromatic rings. The number of anilines is 2. The van der Waals surface area contributed by atoms with E-state index in [1.807, 2.05) is 42.6 Å². The van der Waals surface area contributed by atoms with E-state index in [2.05, 4.69) is 25.2 Å². The van der Waals surface area contributed by atoms with Crippen molar-refractivity contribution in [2.75, 3.05) is 29.9 Å². The maximum atomic E-state index is 13.1. The average Bonchev–Trinajstić information content (AvgIpc) is 3.26. The van der Waals surface area contributed by atoms with Gasteiger partial charge in [-0.15, -0.1) is 0 Å². The second-order valence-electron chi connectivity index (χ2n) is 7.99. The maximum Gasteiger partial charge on any atom is 0.155 e. The number of ketones is 1. The molecule has 0 bridgehead atoms. The van der Waals surface area contributed by atoms with Crippen LogP contribution < -0.4 is 10.2 Å². The third kappa shape index (κ3) is 4.79. The van der Waals surface area contributed by atoms with Crippen LogP contribution in [0.15, 0.2) is 48.9 Å². The van der Waals surface area contributed by atoms with Crippen molar-refractivity contribution in [2.45, 2.75) is 38.1 Å². The quantitative estimate of drug-likeness (QED) is 0.503. The summed E-state index contributed by atoms with van der Waals surface area (Å²) >= 11 is 0. The van der Waals surface area contributed by atoms with Crippen LogP contribution in [0, 0.1) is 5.92 Å². The molecule has 0 saturated carbocycles. The fourth-order valence-corrected chi connectivity index (χ4v) is 4.31. The first-order chi connectivity index (χ1) is 14.7. The highest BCUT2D eigenvalue weighted by Gasteiger charge is 2.27. The molecule has 1 aromatic carbocycles. The molecule has 7 nitrogen and oxygen atoms in total. The minimum atomic E-state index is -0.273. The molecule has 30 heavy (non-hydrogen) atoms. The van der Waals surface area contributed by atoms with Crippen molar-refractivity contribution in [1.29, 1.82) is 0 Å². The number of rotatable bonds is 9. The number of hydrogen-bond acceptors (Lipinski definition) is 6. The van der Waals surface area contributed by atoms with Crippen molar-refractivity contribution >= 4 is 28.3 Å². The van der Waals surface area contributed by atoms with Crippen molar-refractivity contribution < 1.29 is 9.90 Å². The van der Waals surface area contributed by atoms with Crippen molar-refractivity contribution in [3.05, 3.63) is 48.9 Å². The first-order valence-corrected chi connectivity index (χ1v) is 10.7. The Bertz CT molecular complexity index is 958. The molecule has 158 valence electrons. The van der Waals surface area contributed by atoms with Crippen LogP contribution in [0.2, 0.25) is 0 Å². The number of Topliss-reactive ketones (excluding diaryl/α,β-unsaturated/α-hetero) is 1. The predicted molar refractivity (Wildman–Crippen MR) is 119 cm³/mol. The molecule has 2 atom stereocenters. The van der Waals surface area contributed by atoms with Gasteiger partial charge in [-0.2, -0.15) is 0 Å². The van der Waals surface area contributed by atoms with Crippen LogP contribution in [0.5, 0.6) is 0 Å². The van der Waals surface area contributed by atoms with E-state index in [0.29, 0.717) is 25.2 Å². The number of carbonyl (C=O) groups excluding carboxylic acids is 1. The fourth-order valence-electron chi connectivity index (χ4n) is 4.31. The Morgan fingerprint density at radius 1 is 1.27 bits per heavy atom. The molecule has 1 aliphatic heterocycles. The highest BCUT2D eigenvalue weighted by atomic mass is 16.3. The Morgan fingerprint density at radius 3 is 2.97 bits per heavy atom. The lowest BCUT2D eigenvalue weighted by Crippen LogP contribution is -2.39. The molecule has 2 aromatic heterocycles. The summed E-state index contributed by atoms with van der Waals surface area (Å²) in [5, 5.41) is 13.6. The number of hydrogen-bond donors (Lipinski definition) is 3. The summed E-state index contributed by atoms with van der Waals surface area (Å²) in [5.41, 5.74) is 1.78. The van der Waals surface area contributed by atoms with Crippen LogP contribution in [-0.4, -0.2) is 51.6 Å². The lowest BCUT2D eigenvalue weighted by Gasteiger charge is -2.34. The molecule has 0 aliphatic carbocycles. The minimum Gasteiger partial charge on any atom is -0.396 e. The van der Waals surface area contributed by atoms with Gasteiger partial charge in [0.1, 0.15) is 17.8 Å². The van der Waals surface area contributed by atoms with Crippen molar-refractivity contribution in [1.82, 2.24) is 15.0 Å². The van der Waals surface area contributed by atoms with Crippen LogP contribution in [-0.2, 0) is 4.79 Å². The second kappa shape index (κ2) is 9.71. The number of nitrogens with zero attached hydrogens (tertiary/aromatic N) is 3. The monoisotopic (exact) mass is 407 g/mol. The molecule has 0 amide bonds. The largest absolute Gasteiger partial charge is 0.396 e. The van der Waals surface area contributed by atoms with E-state index < -0.39 is 0 Å². The first-order valence-electron chi connectivity index (χ1n) is 10.7. The van der Waals surface area contributed by atoms with Gasteiger partial charge < -0.3 is 20.3 Å². The van der Waals surface area contributed by atoms with Crippen LogP contribution in [0.4, 0.5) is 11.5 Å². The van der Waals surface area contributed by atoms with Crippen LogP contribution in [0.25, 0.3) is 11.0 Å². The standard InChI is InChI=1S/C23H29N5O2/c29-13-5-9-20(27-18-7-2-1-3-8-18)21(30)14-17-6-4-12-28(15-17)23-19-10-11-24-22(19)25-16-26-23/h1-3,7-8,10-11,16-17,20,27,29H,4-6,9,12-15H2,(H,24,25,26)/t17?,20-/m1/s1. The van der Waals surface area contributed by atoms with E-state index >= 15 is 0 Å². The van der Waals surface area contributed by atoms with Gasteiger partial charge in [0.25, 0.3) is 0 Å². The average molecular weight is 408 g/mol. The maximum absolute atomic E-state index is 13.1. The van der Waals surface area contributed by atoms with Gasteiger partial charge in [0.05, 0.1) is 11.4 Å². The second-order valence-corrected chi connectivity index (χ2v) is 7.99. The Balaban J connectivity index is 1.42. The molecular formula is C23H29N5O2. The molecule has 3 heterocycles. The van der Waals surface area contributed by atoms with Gasteiger partial charge >= 0.3 is 0 Å². The molecular weight excluding hydrogens is 378 g/mol. The van der Waals surface area contributed by atoms with Gasteiger partial charge in [0.2, 0.25) is 0 Å². The number of H-pyrrole nitrogens is 1. The summed E-state index contributed by atoms with van der Waals surface area (Å²) in [6, 6.07) is 11.6. The number of aliphatic hydroxyl groups excluding tert-OH is 1. The summed E-state index contributed by atoms with van der Waals surface area (Å²) in [5.74, 6) is 1.45. The van der Waals surface area contributed by atoms with Gasteiger partial charge in [-0.25, -0.2) is 9.97 Å². The van der Waals surface area contributed by atoms with Crippen molar-refractivity contribution in [3.8, 4) is 0 Å². The zero-order valence-electron chi connectivity index (χ0n) is 17.1. The van der Waals surface area contributed by atoms with E-state index in [9.17, 15) is 9.90 Å². The van der Waals surface area contributed by atoms with Gasteiger partial charge in [0.15, 0.2) is 5.78 Å². The Hall–Kier alpha value is -2.93. The number of aromatic amines is 1. The van der Waals surface area contributed by atoms with E-state index in [1.165, 1.54) is 0 Å². The number of para-hydroxylation sites is 1. The topological polar surface area (TPSA) is 94.1 Å². The van der Waals surface area contributed by atoms with Crippen molar-refractivity contribution in [2.24, 2.45) is 5.92 Å². The van der Waals surface area contributed by atoms with E-state index in [1.54, 1.807) is 6.33 Å². The molecule has 0 radical (unpaired) electrons. The molecule has 7 heteroatoms. The third-order valence-electron chi connectivity index (χ3n) is 5.80. The molecule has 1 fully saturated rings. The Labute approximate surface area is 176 Å². The normalized spacial score (nSPS) is 17.8. The number of carbonyl (C=O) groups is 1. The number of fused-ring (bicyclic) bond motifs is 1. The number of aliphatic hydroxyl groups is 1. The van der Waals surface area contributed by atoms with Gasteiger partial charge in [-0.05, 0) is 49.8 Å². The summed E-state index contributed by atoms with van der Waals surface area (Å²) in [6.45, 7) is 1.86. The molecule has 1 unspecified atom stereocenters. The summed E-state index contributed by atoms with van der Waals surface area (Å²) in [4.78, 5) is 27.4. The summed E-state index contributed by atoms with van der Waals surface area (Å²) in [6.07, 6.45) is 7.35. The van der Waals surface area contributed by atoms with Crippen LogP contribution in [0.3, 0.4) is 0 Å². The third-order valence-corrected chi connectivity index (χ3v) is 5.80. The highest BCUT2D eigenvalue weighted by molar-refractivity contribution is 5.88. The van der Waals surface area contributed by atoms with Gasteiger partial charge in [-0.3, -0.25) is 4.79 Å². The zero-order valence-corrected chi connectivity index (χ0v) is 17.1. The first kappa shape index (κ1) is 20.3. The predicted octanol–water partition coefficient (Wildman–Crippen LogP) is 3.39. The highest BCUT2D eigenvalue weighted by Crippen LogP contribution is 2.29. The minimum absolute atomic E-state index is 0.0951. The molecule has 0 spiro atoms. The number of nitrogens with one attached hydrogen (secondary N) is 2. The number of piperidine rings is 1. The summed E-state index contributed by atoms with van der Waals surface area (Å²) < 4.78 is 0. The fraction of sp³-hybridized carbons (Fsp3) is 0.435. The summed E-state index contributed by atoms with van der Waals surface area (Å²) in [7, 11) is 0. The van der Waals surface area contributed by atoms with E-state index in [4.69, 9.17) is 0 Å². The molecule has 3 N–H and O–H groups in total. The lowest BCUT2D eigenvalue weighted by molar-refractivity contribution is -0.121. The van der Waals surface area contributed by atoms with E-state index in [0.717, 1.165) is 48.5 Å². The smallest absolute Gasteiger partial charge is 0.155 e. The number of aromatic nitrogens is 3. The SMILES string of the molecule is O=C(CC1CCCN(c2ncnc3[nH]ccc23)C1)[C@@H](CCCO)Nc1ccccc1. The van der Waals surface area contributed by atoms with Gasteiger partial charge in [0, 0.05) is 38.0 Å². The van der Waals surface area contributed by atoms with Crippen LogP contribution >= 0.6 is 0 Å². The molecule has 1 aliphatic rings. The molecule has 1 saturated heterocycles. The van der Waals surface area contributed by atoms with E-state index in [-0.39, 0.29) is 18.4 Å². The van der Waals surface area contributed by atoms with Crippen molar-refractivity contribution in [3.63, 3.8) is 0 Å². The van der Waals surface area contributed by atoms with Gasteiger partial charge in [-0.1, -0.05) is 18.2 Å². The zero-order chi connectivity index (χ0) is 20.8. The Morgan fingerprint density at radius 2 is 2.13 bits per heavy atom. The Kier molecular flexibility index (Phi) is 6.59. The molecule has 4 rings (SSSR count). The lowest BCUT2D eigenvalue weighted by atomic mass is 9.89. The number of benzene rings is 1.